The lowest BCUT2D eigenvalue weighted by Crippen LogP contribution is -2.40. The van der Waals surface area contributed by atoms with Crippen LogP contribution in [0.2, 0.25) is 0 Å². The lowest BCUT2D eigenvalue weighted by atomic mass is 10.3. The van der Waals surface area contributed by atoms with Crippen LogP contribution >= 0.6 is 35.3 Å². The molecule has 134 valence electrons. The molecule has 5 nitrogen and oxygen atoms in total. The van der Waals surface area contributed by atoms with Gasteiger partial charge in [0.2, 0.25) is 0 Å². The Labute approximate surface area is 166 Å². The zero-order valence-electron chi connectivity index (χ0n) is 15.0. The number of guanidine groups is 1. The van der Waals surface area contributed by atoms with E-state index in [-0.39, 0.29) is 24.0 Å². The van der Waals surface area contributed by atoms with Gasteiger partial charge < -0.3 is 10.2 Å². The summed E-state index contributed by atoms with van der Waals surface area (Å²) in [5, 5.41) is 10.0. The van der Waals surface area contributed by atoms with Crippen LogP contribution in [0.5, 0.6) is 0 Å². The van der Waals surface area contributed by atoms with Gasteiger partial charge in [0.15, 0.2) is 5.96 Å². The van der Waals surface area contributed by atoms with Crippen LogP contribution in [0.4, 0.5) is 0 Å². The molecule has 0 unspecified atom stereocenters. The summed E-state index contributed by atoms with van der Waals surface area (Å²) in [4.78, 5) is 7.96. The second-order valence-corrected chi connectivity index (χ2v) is 6.76. The van der Waals surface area contributed by atoms with Gasteiger partial charge in [0.1, 0.15) is 0 Å². The smallest absolute Gasteiger partial charge is 0.193 e. The predicted octanol–water partition coefficient (Wildman–Crippen LogP) is 3.32. The molecule has 0 fully saturated rings. The van der Waals surface area contributed by atoms with Crippen molar-refractivity contribution in [3.05, 3.63) is 39.8 Å². The summed E-state index contributed by atoms with van der Waals surface area (Å²) in [7, 11) is 3.93. The van der Waals surface area contributed by atoms with Gasteiger partial charge in [-0.05, 0) is 44.2 Å². The van der Waals surface area contributed by atoms with Gasteiger partial charge >= 0.3 is 0 Å². The van der Waals surface area contributed by atoms with Crippen LogP contribution in [0, 0.1) is 13.8 Å². The van der Waals surface area contributed by atoms with Crippen LogP contribution in [0.1, 0.15) is 22.7 Å². The zero-order valence-corrected chi connectivity index (χ0v) is 18.1. The fraction of sp³-hybridized carbons (Fsp3) is 0.529. The number of aromatic nitrogens is 2. The molecule has 0 aromatic carbocycles. The maximum Gasteiger partial charge on any atom is 0.193 e. The number of hydrogen-bond acceptors (Lipinski definition) is 3. The molecular formula is C17H28IN5S. The highest BCUT2D eigenvalue weighted by atomic mass is 127. The number of nitrogens with zero attached hydrogens (tertiary/aromatic N) is 4. The quantitative estimate of drug-likeness (QED) is 0.298. The number of nitrogens with one attached hydrogen (secondary N) is 1. The topological polar surface area (TPSA) is 45.5 Å². The molecule has 0 saturated carbocycles. The van der Waals surface area contributed by atoms with E-state index in [0.29, 0.717) is 0 Å². The van der Waals surface area contributed by atoms with E-state index < -0.39 is 0 Å². The van der Waals surface area contributed by atoms with Crippen LogP contribution in [-0.4, -0.2) is 47.8 Å². The second kappa shape index (κ2) is 10.7. The first-order valence-corrected chi connectivity index (χ1v) is 8.93. The molecule has 1 N–H and O–H groups in total. The number of halogens is 1. The fourth-order valence-electron chi connectivity index (χ4n) is 2.55. The summed E-state index contributed by atoms with van der Waals surface area (Å²) in [6.45, 7) is 6.94. The number of likely N-dealkylation sites (N-methyl/N-ethyl adjacent to an activating group) is 1. The Morgan fingerprint density at radius 3 is 2.79 bits per heavy atom. The molecule has 0 saturated heterocycles. The Bertz CT molecular complexity index is 621. The van der Waals surface area contributed by atoms with Crippen LogP contribution in [0.3, 0.4) is 0 Å². The van der Waals surface area contributed by atoms with Gasteiger partial charge in [-0.2, -0.15) is 5.10 Å². The van der Waals surface area contributed by atoms with Crippen molar-refractivity contribution in [1.29, 1.82) is 0 Å². The van der Waals surface area contributed by atoms with Crippen LogP contribution < -0.4 is 5.32 Å². The molecule has 7 heteroatoms. The van der Waals surface area contributed by atoms with Crippen LogP contribution in [0.25, 0.3) is 0 Å². The number of thiophene rings is 1. The first-order valence-electron chi connectivity index (χ1n) is 8.05. The van der Waals surface area contributed by atoms with Crippen molar-refractivity contribution in [1.82, 2.24) is 20.0 Å². The zero-order chi connectivity index (χ0) is 16.7. The lowest BCUT2D eigenvalue weighted by molar-refractivity contribution is 0.479. The van der Waals surface area contributed by atoms with Crippen LogP contribution in [0.15, 0.2) is 28.6 Å². The Hall–Kier alpha value is -1.09. The van der Waals surface area contributed by atoms with Gasteiger partial charge in [-0.25, -0.2) is 0 Å². The maximum absolute atomic E-state index is 4.49. The Balaban J connectivity index is 0.00000288. The van der Waals surface area contributed by atoms with Gasteiger partial charge in [-0.15, -0.1) is 35.3 Å². The average Bonchev–Trinajstić information content (AvgIpc) is 3.14. The number of aryl methyl sites for hydroxylation is 3. The molecule has 2 aromatic heterocycles. The molecule has 0 aliphatic carbocycles. The van der Waals surface area contributed by atoms with Crippen molar-refractivity contribution in [3.8, 4) is 0 Å². The summed E-state index contributed by atoms with van der Waals surface area (Å²) in [6.07, 6.45) is 2.08. The van der Waals surface area contributed by atoms with Crippen molar-refractivity contribution in [3.63, 3.8) is 0 Å². The van der Waals surface area contributed by atoms with Gasteiger partial charge in [0.25, 0.3) is 0 Å². The van der Waals surface area contributed by atoms with Crippen molar-refractivity contribution in [2.45, 2.75) is 33.2 Å². The molecule has 2 rings (SSSR count). The minimum atomic E-state index is 0. The Morgan fingerprint density at radius 2 is 2.21 bits per heavy atom. The third kappa shape index (κ3) is 6.43. The Kier molecular flexibility index (Phi) is 9.35. The predicted molar refractivity (Wildman–Crippen MR) is 114 cm³/mol. The summed E-state index contributed by atoms with van der Waals surface area (Å²) >= 11 is 1.81. The highest BCUT2D eigenvalue weighted by Crippen LogP contribution is 2.09. The van der Waals surface area contributed by atoms with Crippen molar-refractivity contribution >= 4 is 41.3 Å². The maximum atomic E-state index is 4.49. The number of rotatable bonds is 7. The molecule has 24 heavy (non-hydrogen) atoms. The van der Waals surface area contributed by atoms with E-state index in [1.807, 2.05) is 25.3 Å². The molecule has 0 spiro atoms. The third-order valence-electron chi connectivity index (χ3n) is 3.78. The summed E-state index contributed by atoms with van der Waals surface area (Å²) in [6, 6.07) is 6.40. The van der Waals surface area contributed by atoms with E-state index in [1.165, 1.54) is 10.6 Å². The fourth-order valence-corrected chi connectivity index (χ4v) is 3.25. The van der Waals surface area contributed by atoms with Gasteiger partial charge in [-0.3, -0.25) is 9.67 Å². The Morgan fingerprint density at radius 1 is 1.42 bits per heavy atom. The normalized spacial score (nSPS) is 11.2. The summed E-state index contributed by atoms with van der Waals surface area (Å²) < 4.78 is 2.07. The van der Waals surface area contributed by atoms with E-state index in [1.54, 1.807) is 0 Å². The largest absolute Gasteiger partial charge is 0.356 e. The van der Waals surface area contributed by atoms with E-state index in [0.717, 1.165) is 44.1 Å². The highest BCUT2D eigenvalue weighted by molar-refractivity contribution is 14.0. The molecule has 2 aromatic rings. The minimum Gasteiger partial charge on any atom is -0.356 e. The van der Waals surface area contributed by atoms with Crippen molar-refractivity contribution < 1.29 is 0 Å². The van der Waals surface area contributed by atoms with Gasteiger partial charge in [0.05, 0.1) is 5.69 Å². The van der Waals surface area contributed by atoms with E-state index >= 15 is 0 Å². The standard InChI is InChI=1S/C17H27N5S.HI/c1-14-13-15(2)22(20-14)10-6-9-19-17(18-3)21(4)11-8-16-7-5-12-23-16;/h5,7,12-13H,6,8-11H2,1-4H3,(H,18,19);1H. The van der Waals surface area contributed by atoms with Crippen LogP contribution in [-0.2, 0) is 13.0 Å². The van der Waals surface area contributed by atoms with Crippen molar-refractivity contribution in [2.75, 3.05) is 27.2 Å². The molecule has 0 bridgehead atoms. The molecule has 0 radical (unpaired) electrons. The van der Waals surface area contributed by atoms with E-state index in [4.69, 9.17) is 0 Å². The lowest BCUT2D eigenvalue weighted by Gasteiger charge is -2.21. The van der Waals surface area contributed by atoms with Gasteiger partial charge in [-0.1, -0.05) is 6.07 Å². The highest BCUT2D eigenvalue weighted by Gasteiger charge is 2.06. The first-order chi connectivity index (χ1) is 11.1. The summed E-state index contributed by atoms with van der Waals surface area (Å²) in [5.41, 5.74) is 2.31. The van der Waals surface area contributed by atoms with E-state index in [2.05, 4.69) is 62.5 Å². The monoisotopic (exact) mass is 461 g/mol. The van der Waals surface area contributed by atoms with Gasteiger partial charge in [0, 0.05) is 44.3 Å². The van der Waals surface area contributed by atoms with Crippen molar-refractivity contribution in [2.24, 2.45) is 4.99 Å². The first kappa shape index (κ1) is 21.0. The van der Waals surface area contributed by atoms with E-state index in [9.17, 15) is 0 Å². The minimum absolute atomic E-state index is 0. The average molecular weight is 461 g/mol. The number of aliphatic imine (C=N–C) groups is 1. The molecule has 0 amide bonds. The third-order valence-corrected chi connectivity index (χ3v) is 4.72. The molecule has 0 aliphatic rings. The molecule has 0 atom stereocenters. The summed E-state index contributed by atoms with van der Waals surface area (Å²) in [5.74, 6) is 0.954. The molecular weight excluding hydrogens is 433 g/mol. The molecule has 0 aliphatic heterocycles. The SMILES string of the molecule is CN=C(NCCCn1nc(C)cc1C)N(C)CCc1cccs1.I. The second-order valence-electron chi connectivity index (χ2n) is 5.73. The molecule has 2 heterocycles. The number of hydrogen-bond donors (Lipinski definition) is 1.